The van der Waals surface area contributed by atoms with Crippen molar-refractivity contribution < 1.29 is 53.4 Å². The number of rotatable bonds is 22. The maximum Gasteiger partial charge on any atom is 0.326 e. The van der Waals surface area contributed by atoms with Crippen LogP contribution < -0.4 is 49.5 Å². The fourth-order valence-electron chi connectivity index (χ4n) is 3.94. The smallest absolute Gasteiger partial charge is 0.326 e. The topological polar surface area (TPSA) is 358 Å². The average molecular weight is 680 g/mol. The molecule has 0 unspecified atom stereocenters. The van der Waals surface area contributed by atoms with Crippen molar-refractivity contribution in [1.82, 2.24) is 26.6 Å². The molecule has 1 aromatic carbocycles. The van der Waals surface area contributed by atoms with Gasteiger partial charge in [0, 0.05) is 25.7 Å². The Kier molecular flexibility index (Phi) is 17.1. The molecule has 0 spiro atoms. The molecule has 0 aliphatic heterocycles. The van der Waals surface area contributed by atoms with Gasteiger partial charge in [-0.3, -0.25) is 38.4 Å². The van der Waals surface area contributed by atoms with Gasteiger partial charge in [-0.2, -0.15) is 0 Å². The van der Waals surface area contributed by atoms with Crippen molar-refractivity contribution in [3.63, 3.8) is 0 Å². The van der Waals surface area contributed by atoms with E-state index in [1.54, 1.807) is 0 Å². The highest BCUT2D eigenvalue weighted by atomic mass is 16.4. The Labute approximate surface area is 274 Å². The van der Waals surface area contributed by atoms with E-state index < -0.39 is 96.9 Å². The van der Waals surface area contributed by atoms with E-state index in [0.29, 0.717) is 5.56 Å². The Hall–Kier alpha value is -5.79. The summed E-state index contributed by atoms with van der Waals surface area (Å²) in [4.78, 5) is 108. The van der Waals surface area contributed by atoms with E-state index in [2.05, 4.69) is 26.6 Å². The number of carboxylic acid groups (broad SMARTS) is 1. The molecule has 0 aliphatic rings. The maximum atomic E-state index is 13.4. The van der Waals surface area contributed by atoms with Crippen molar-refractivity contribution in [1.29, 1.82) is 0 Å². The highest BCUT2D eigenvalue weighted by molar-refractivity contribution is 5.95. The third-order valence-corrected chi connectivity index (χ3v) is 6.54. The molecule has 48 heavy (non-hydrogen) atoms. The van der Waals surface area contributed by atoms with E-state index in [9.17, 15) is 53.4 Å². The first-order valence-corrected chi connectivity index (χ1v) is 14.5. The quantitative estimate of drug-likeness (QED) is 0.0548. The SMILES string of the molecule is NC(=O)CC[C@H](NC(=O)[C@H](CCC(N)=O)NC(=O)[C@H](Cc1ccc(O)cc1)NC(=O)CNC(=O)CNC(=O)[C@@H](N)CCC(N)=O)C(=O)O. The molecule has 0 aromatic heterocycles. The summed E-state index contributed by atoms with van der Waals surface area (Å²) in [5.74, 6) is -8.27. The van der Waals surface area contributed by atoms with E-state index >= 15 is 0 Å². The Morgan fingerprint density at radius 3 is 1.62 bits per heavy atom. The molecule has 0 bridgehead atoms. The second kappa shape index (κ2) is 20.4. The number of aromatic hydroxyl groups is 1. The molecule has 15 N–H and O–H groups in total. The van der Waals surface area contributed by atoms with Gasteiger partial charge in [-0.05, 0) is 37.0 Å². The Balaban J connectivity index is 3.01. The van der Waals surface area contributed by atoms with Crippen LogP contribution >= 0.6 is 0 Å². The summed E-state index contributed by atoms with van der Waals surface area (Å²) in [7, 11) is 0. The standard InChI is InChI=1S/C28H41N9O11/c29-16(5-8-20(30)39)25(44)34-12-23(42)33-13-24(43)35-19(11-14-1-3-15(38)4-2-14)27(46)36-17(6-9-21(31)40)26(45)37-18(28(47)48)7-10-22(32)41/h1-4,16-19,38H,5-13,29H2,(H2,30,39)(H2,31,40)(H2,32,41)(H,33,42)(H,34,44)(H,35,43)(H,36,46)(H,37,45)(H,47,48)/t16-,17-,18-,19-/m0/s1. The molecule has 0 aliphatic carbocycles. The largest absolute Gasteiger partial charge is 0.508 e. The van der Waals surface area contributed by atoms with Gasteiger partial charge in [0.25, 0.3) is 0 Å². The molecular weight excluding hydrogens is 638 g/mol. The maximum absolute atomic E-state index is 13.4. The summed E-state index contributed by atoms with van der Waals surface area (Å²) in [6.45, 7) is -1.23. The molecule has 0 fully saturated rings. The zero-order valence-corrected chi connectivity index (χ0v) is 25.9. The number of benzene rings is 1. The van der Waals surface area contributed by atoms with Crippen molar-refractivity contribution in [3.05, 3.63) is 29.8 Å². The zero-order chi connectivity index (χ0) is 36.4. The number of aliphatic carboxylic acids is 1. The van der Waals surface area contributed by atoms with E-state index in [-0.39, 0.29) is 44.3 Å². The average Bonchev–Trinajstić information content (AvgIpc) is 3.01. The number of nitrogens with two attached hydrogens (primary N) is 4. The fourth-order valence-corrected chi connectivity index (χ4v) is 3.94. The molecule has 264 valence electrons. The first-order chi connectivity index (χ1) is 22.5. The minimum Gasteiger partial charge on any atom is -0.508 e. The monoisotopic (exact) mass is 679 g/mol. The summed E-state index contributed by atoms with van der Waals surface area (Å²) in [6, 6.07) is -0.0462. The lowest BCUT2D eigenvalue weighted by molar-refractivity contribution is -0.142. The van der Waals surface area contributed by atoms with Crippen LogP contribution in [0.5, 0.6) is 5.75 Å². The lowest BCUT2D eigenvalue weighted by atomic mass is 10.0. The minimum atomic E-state index is -1.57. The van der Waals surface area contributed by atoms with Crippen LogP contribution in [0.3, 0.4) is 0 Å². The van der Waals surface area contributed by atoms with E-state index in [1.165, 1.54) is 24.3 Å². The summed E-state index contributed by atoms with van der Waals surface area (Å²) in [6.07, 6.45) is -1.86. The van der Waals surface area contributed by atoms with Gasteiger partial charge in [-0.25, -0.2) is 4.79 Å². The van der Waals surface area contributed by atoms with E-state index in [1.807, 2.05) is 0 Å². The highest BCUT2D eigenvalue weighted by Gasteiger charge is 2.30. The molecule has 4 atom stereocenters. The van der Waals surface area contributed by atoms with Crippen molar-refractivity contribution in [3.8, 4) is 5.75 Å². The summed E-state index contributed by atoms with van der Waals surface area (Å²) in [5.41, 5.74) is 21.3. The van der Waals surface area contributed by atoms with Crippen LogP contribution in [0.25, 0.3) is 0 Å². The second-order valence-electron chi connectivity index (χ2n) is 10.6. The van der Waals surface area contributed by atoms with Crippen LogP contribution in [0, 0.1) is 0 Å². The van der Waals surface area contributed by atoms with E-state index in [0.717, 1.165) is 0 Å². The third-order valence-electron chi connectivity index (χ3n) is 6.54. The summed E-state index contributed by atoms with van der Waals surface area (Å²) < 4.78 is 0. The summed E-state index contributed by atoms with van der Waals surface area (Å²) in [5, 5.41) is 30.4. The van der Waals surface area contributed by atoms with Crippen molar-refractivity contribution in [2.24, 2.45) is 22.9 Å². The molecule has 20 heteroatoms. The van der Waals surface area contributed by atoms with Crippen LogP contribution in [0.4, 0.5) is 0 Å². The zero-order valence-electron chi connectivity index (χ0n) is 25.9. The predicted molar refractivity (Wildman–Crippen MR) is 165 cm³/mol. The minimum absolute atomic E-state index is 0.0455. The third kappa shape index (κ3) is 16.5. The molecule has 1 rings (SSSR count). The number of carboxylic acids is 1. The Morgan fingerprint density at radius 2 is 1.08 bits per heavy atom. The first-order valence-electron chi connectivity index (χ1n) is 14.5. The number of phenols is 1. The van der Waals surface area contributed by atoms with Gasteiger partial charge in [0.05, 0.1) is 19.1 Å². The summed E-state index contributed by atoms with van der Waals surface area (Å²) >= 11 is 0. The van der Waals surface area contributed by atoms with Crippen LogP contribution in [0.1, 0.15) is 44.1 Å². The second-order valence-corrected chi connectivity index (χ2v) is 10.6. The first kappa shape index (κ1) is 40.2. The van der Waals surface area contributed by atoms with Gasteiger partial charge in [-0.15, -0.1) is 0 Å². The molecule has 0 radical (unpaired) electrons. The lowest BCUT2D eigenvalue weighted by Crippen LogP contribution is -2.57. The molecule has 0 saturated heterocycles. The number of amides is 8. The molecular formula is C28H41N9O11. The molecule has 1 aromatic rings. The number of phenolic OH excluding ortho intramolecular Hbond substituents is 1. The van der Waals surface area contributed by atoms with Gasteiger partial charge in [-0.1, -0.05) is 12.1 Å². The van der Waals surface area contributed by atoms with Gasteiger partial charge >= 0.3 is 5.97 Å². The molecule has 0 saturated carbocycles. The van der Waals surface area contributed by atoms with Crippen molar-refractivity contribution in [2.75, 3.05) is 13.1 Å². The fraction of sp³-hybridized carbons (Fsp3) is 0.464. The van der Waals surface area contributed by atoms with E-state index in [4.69, 9.17) is 22.9 Å². The lowest BCUT2D eigenvalue weighted by Gasteiger charge is -2.24. The van der Waals surface area contributed by atoms with Gasteiger partial charge < -0.3 is 59.7 Å². The van der Waals surface area contributed by atoms with Crippen molar-refractivity contribution >= 4 is 53.2 Å². The van der Waals surface area contributed by atoms with Crippen LogP contribution in [-0.4, -0.2) is 101 Å². The van der Waals surface area contributed by atoms with Crippen molar-refractivity contribution in [2.45, 2.75) is 69.1 Å². The number of hydrogen-bond acceptors (Lipinski definition) is 11. The molecule has 20 nitrogen and oxygen atoms in total. The van der Waals surface area contributed by atoms with Gasteiger partial charge in [0.1, 0.15) is 23.9 Å². The Bertz CT molecular complexity index is 1350. The van der Waals surface area contributed by atoms with Gasteiger partial charge in [0.2, 0.25) is 47.3 Å². The Morgan fingerprint density at radius 1 is 0.604 bits per heavy atom. The predicted octanol–water partition coefficient (Wildman–Crippen LogP) is -5.17. The van der Waals surface area contributed by atoms with Crippen LogP contribution in [-0.2, 0) is 49.6 Å². The number of primary amides is 3. The van der Waals surface area contributed by atoms with Crippen LogP contribution in [0.15, 0.2) is 24.3 Å². The number of carbonyl (C=O) groups excluding carboxylic acids is 8. The van der Waals surface area contributed by atoms with Gasteiger partial charge in [0.15, 0.2) is 0 Å². The highest BCUT2D eigenvalue weighted by Crippen LogP contribution is 2.12. The molecule has 0 heterocycles. The number of carbonyl (C=O) groups is 9. The number of nitrogens with one attached hydrogen (secondary N) is 5. The molecule has 8 amide bonds. The normalized spacial score (nSPS) is 13.0. The number of hydrogen-bond donors (Lipinski definition) is 11. The van der Waals surface area contributed by atoms with Crippen LogP contribution in [0.2, 0.25) is 0 Å².